The normalized spacial score (nSPS) is 14.5. The third-order valence-electron chi connectivity index (χ3n) is 0.557. The number of hydrogen-bond donors (Lipinski definition) is 1. The molecule has 1 N–H and O–H groups in total. The Hall–Kier alpha value is 0.300. The first-order valence-electron chi connectivity index (χ1n) is 2.30. The molecule has 0 saturated carbocycles. The Balaban J connectivity index is 3.81. The molecular formula is C4H5Cl3O3. The Bertz CT molecular complexity index is 128. The van der Waals surface area contributed by atoms with Crippen molar-refractivity contribution < 1.29 is 14.6 Å². The molecule has 0 aromatic heterocycles. The Morgan fingerprint density at radius 2 is 2.00 bits per heavy atom. The van der Waals surface area contributed by atoms with Crippen LogP contribution in [-0.4, -0.2) is 21.2 Å². The molecule has 0 fully saturated rings. The van der Waals surface area contributed by atoms with E-state index in [0.29, 0.717) is 0 Å². The molecule has 0 bridgehead atoms. The van der Waals surface area contributed by atoms with Gasteiger partial charge in [0, 0.05) is 0 Å². The van der Waals surface area contributed by atoms with E-state index in [0.717, 1.165) is 0 Å². The third-order valence-corrected chi connectivity index (χ3v) is 0.789. The van der Waals surface area contributed by atoms with Gasteiger partial charge in [-0.15, -0.1) is 0 Å². The van der Waals surface area contributed by atoms with Gasteiger partial charge in [-0.05, 0) is 41.7 Å². The average molecular weight is 207 g/mol. The molecule has 60 valence electrons. The van der Waals surface area contributed by atoms with Gasteiger partial charge in [0.2, 0.25) is 0 Å². The summed E-state index contributed by atoms with van der Waals surface area (Å²) in [5.74, 6) is -0.972. The Labute approximate surface area is 72.8 Å². The maximum Gasteiger partial charge on any atom is 0.340 e. The van der Waals surface area contributed by atoms with Crippen LogP contribution in [0.25, 0.3) is 0 Å². The number of aliphatic hydroxyl groups excluding tert-OH is 1. The van der Waals surface area contributed by atoms with Gasteiger partial charge in [0.05, 0.1) is 0 Å². The molecule has 10 heavy (non-hydrogen) atoms. The average Bonchev–Trinajstić information content (AvgIpc) is 1.60. The van der Waals surface area contributed by atoms with Gasteiger partial charge in [0.25, 0.3) is 0 Å². The van der Waals surface area contributed by atoms with Crippen LogP contribution >= 0.6 is 34.8 Å². The van der Waals surface area contributed by atoms with E-state index in [2.05, 4.69) is 4.74 Å². The van der Waals surface area contributed by atoms with Crippen molar-refractivity contribution >= 4 is 40.8 Å². The van der Waals surface area contributed by atoms with Crippen molar-refractivity contribution in [1.29, 1.82) is 0 Å². The predicted molar refractivity (Wildman–Crippen MR) is 38.1 cm³/mol. The van der Waals surface area contributed by atoms with E-state index in [4.69, 9.17) is 39.9 Å². The number of hydrogen-bond acceptors (Lipinski definition) is 3. The second-order valence-electron chi connectivity index (χ2n) is 1.54. The maximum atomic E-state index is 10.4. The van der Waals surface area contributed by atoms with E-state index in [1.54, 1.807) is 0 Å². The summed E-state index contributed by atoms with van der Waals surface area (Å²) in [6.45, 7) is 1.21. The molecule has 0 rings (SSSR count). The second-order valence-corrected chi connectivity index (χ2v) is 3.72. The quantitative estimate of drug-likeness (QED) is 0.520. The maximum absolute atomic E-state index is 10.4. The van der Waals surface area contributed by atoms with Gasteiger partial charge in [-0.2, -0.15) is 0 Å². The summed E-state index contributed by atoms with van der Waals surface area (Å²) < 4.78 is 2.02. The van der Waals surface area contributed by atoms with Crippen molar-refractivity contribution in [3.8, 4) is 0 Å². The van der Waals surface area contributed by atoms with E-state index in [1.165, 1.54) is 6.92 Å². The summed E-state index contributed by atoms with van der Waals surface area (Å²) in [5.41, 5.74) is 0. The first-order chi connectivity index (χ1) is 4.33. The SMILES string of the molecule is CC(O)C(=O)OC(Cl)(Cl)Cl. The van der Waals surface area contributed by atoms with Crippen LogP contribution < -0.4 is 0 Å². The van der Waals surface area contributed by atoms with Crippen molar-refractivity contribution in [1.82, 2.24) is 0 Å². The van der Waals surface area contributed by atoms with E-state index < -0.39 is 16.1 Å². The fourth-order valence-corrected chi connectivity index (χ4v) is 0.427. The number of carbonyl (C=O) groups is 1. The van der Waals surface area contributed by atoms with E-state index in [1.807, 2.05) is 0 Å². The minimum Gasteiger partial charge on any atom is -0.413 e. The summed E-state index contributed by atoms with van der Waals surface area (Å²) in [4.78, 5) is 10.4. The van der Waals surface area contributed by atoms with Gasteiger partial charge in [-0.25, -0.2) is 4.79 Å². The zero-order chi connectivity index (χ0) is 8.36. The molecule has 0 radical (unpaired) electrons. The van der Waals surface area contributed by atoms with Crippen molar-refractivity contribution in [2.75, 3.05) is 0 Å². The van der Waals surface area contributed by atoms with Crippen molar-refractivity contribution in [3.05, 3.63) is 0 Å². The number of rotatable bonds is 1. The smallest absolute Gasteiger partial charge is 0.340 e. The highest BCUT2D eigenvalue weighted by Crippen LogP contribution is 2.27. The topological polar surface area (TPSA) is 46.5 Å². The highest BCUT2D eigenvalue weighted by Gasteiger charge is 2.27. The third kappa shape index (κ3) is 5.11. The van der Waals surface area contributed by atoms with Crippen LogP contribution in [0.1, 0.15) is 6.92 Å². The van der Waals surface area contributed by atoms with Gasteiger partial charge in [0.15, 0.2) is 0 Å². The fourth-order valence-electron chi connectivity index (χ4n) is 0.199. The zero-order valence-corrected chi connectivity index (χ0v) is 7.24. The molecule has 6 heteroatoms. The molecule has 1 atom stereocenters. The minimum absolute atomic E-state index is 0.972. The first kappa shape index (κ1) is 10.3. The highest BCUT2D eigenvalue weighted by atomic mass is 35.6. The van der Waals surface area contributed by atoms with Gasteiger partial charge in [0.1, 0.15) is 6.10 Å². The fraction of sp³-hybridized carbons (Fsp3) is 0.750. The molecule has 0 spiro atoms. The first-order valence-corrected chi connectivity index (χ1v) is 3.44. The predicted octanol–water partition coefficient (Wildman–Crippen LogP) is 1.24. The summed E-state index contributed by atoms with van der Waals surface area (Å²) in [7, 11) is 0. The monoisotopic (exact) mass is 206 g/mol. The Kier molecular flexibility index (Phi) is 3.73. The molecule has 0 aliphatic heterocycles. The lowest BCUT2D eigenvalue weighted by Crippen LogP contribution is -2.25. The Morgan fingerprint density at radius 1 is 1.60 bits per heavy atom. The van der Waals surface area contributed by atoms with Crippen LogP contribution in [0.3, 0.4) is 0 Å². The number of ether oxygens (including phenoxy) is 1. The molecule has 0 aliphatic carbocycles. The molecule has 0 aliphatic rings. The molecule has 0 heterocycles. The summed E-state index contributed by atoms with van der Waals surface area (Å²) in [6.07, 6.45) is -1.28. The Morgan fingerprint density at radius 3 is 2.10 bits per heavy atom. The standard InChI is InChI=1S/C4H5Cl3O3/c1-2(8)3(9)10-4(5,6)7/h2,8H,1H3. The number of alkyl halides is 3. The summed E-state index contributed by atoms with van der Waals surface area (Å²) in [5, 5.41) is 8.53. The van der Waals surface area contributed by atoms with Crippen molar-refractivity contribution in [2.45, 2.75) is 17.0 Å². The lowest BCUT2D eigenvalue weighted by atomic mass is 10.4. The van der Waals surface area contributed by atoms with Crippen LogP contribution in [0, 0.1) is 0 Å². The van der Waals surface area contributed by atoms with Crippen molar-refractivity contribution in [2.24, 2.45) is 0 Å². The molecule has 0 aromatic carbocycles. The number of esters is 1. The number of aliphatic hydroxyl groups is 1. The van der Waals surface area contributed by atoms with Crippen LogP contribution in [-0.2, 0) is 9.53 Å². The molecule has 1 unspecified atom stereocenters. The van der Waals surface area contributed by atoms with Crippen LogP contribution in [0.15, 0.2) is 0 Å². The van der Waals surface area contributed by atoms with E-state index >= 15 is 0 Å². The largest absolute Gasteiger partial charge is 0.413 e. The summed E-state index contributed by atoms with van der Waals surface area (Å²) >= 11 is 15.1. The number of carbonyl (C=O) groups excluding carboxylic acids is 1. The minimum atomic E-state index is -2.09. The molecule has 0 amide bonds. The van der Waals surface area contributed by atoms with Crippen LogP contribution in [0.4, 0.5) is 0 Å². The van der Waals surface area contributed by atoms with Gasteiger partial charge < -0.3 is 9.84 Å². The van der Waals surface area contributed by atoms with Crippen molar-refractivity contribution in [3.63, 3.8) is 0 Å². The second kappa shape index (κ2) is 3.62. The lowest BCUT2D eigenvalue weighted by Gasteiger charge is -2.12. The molecule has 0 saturated heterocycles. The lowest BCUT2D eigenvalue weighted by molar-refractivity contribution is -0.153. The molecule has 0 aromatic rings. The molecular weight excluding hydrogens is 202 g/mol. The van der Waals surface area contributed by atoms with E-state index in [-0.39, 0.29) is 0 Å². The van der Waals surface area contributed by atoms with Crippen LogP contribution in [0.2, 0.25) is 0 Å². The van der Waals surface area contributed by atoms with E-state index in [9.17, 15) is 4.79 Å². The highest BCUT2D eigenvalue weighted by molar-refractivity contribution is 6.66. The number of halogens is 3. The zero-order valence-electron chi connectivity index (χ0n) is 4.97. The summed E-state index contributed by atoms with van der Waals surface area (Å²) in [6, 6.07) is 0. The molecule has 3 nitrogen and oxygen atoms in total. The van der Waals surface area contributed by atoms with Crippen LogP contribution in [0.5, 0.6) is 0 Å². The van der Waals surface area contributed by atoms with Gasteiger partial charge in [-0.1, -0.05) is 0 Å². The van der Waals surface area contributed by atoms with Gasteiger partial charge >= 0.3 is 9.95 Å². The van der Waals surface area contributed by atoms with Gasteiger partial charge in [-0.3, -0.25) is 0 Å².